The van der Waals surface area contributed by atoms with Gasteiger partial charge in [-0.2, -0.15) is 0 Å². The van der Waals surface area contributed by atoms with Crippen LogP contribution in [-0.2, 0) is 15.3 Å². The summed E-state index contributed by atoms with van der Waals surface area (Å²) < 4.78 is 12.0. The third kappa shape index (κ3) is 2.00. The predicted octanol–water partition coefficient (Wildman–Crippen LogP) is 3.32. The van der Waals surface area contributed by atoms with E-state index in [2.05, 4.69) is 20.8 Å². The number of hydrogen-bond acceptors (Lipinski definition) is 2. The van der Waals surface area contributed by atoms with Crippen molar-refractivity contribution in [2.45, 2.75) is 39.6 Å². The van der Waals surface area contributed by atoms with Gasteiger partial charge in [-0.1, -0.05) is 44.2 Å². The molecular formula is C14H20O2. The molecule has 1 aromatic carbocycles. The normalized spacial score (nSPS) is 33.6. The summed E-state index contributed by atoms with van der Waals surface area (Å²) in [5, 5.41) is 0. The Kier molecular flexibility index (Phi) is 2.81. The highest BCUT2D eigenvalue weighted by Crippen LogP contribution is 2.39. The van der Waals surface area contributed by atoms with Gasteiger partial charge < -0.3 is 9.47 Å². The molecule has 0 N–H and O–H groups in total. The standard InChI is InChI=1S/C14H20O2/c1-11-13(2,3)10-15-14(4,16-11)12-8-6-5-7-9-12/h5-9,11H,10H2,1-4H3/t11-,14+/m0/s1. The molecule has 2 atom stereocenters. The first-order valence-electron chi connectivity index (χ1n) is 5.81. The molecule has 0 aromatic heterocycles. The topological polar surface area (TPSA) is 18.5 Å². The van der Waals surface area contributed by atoms with Gasteiger partial charge in [0, 0.05) is 11.0 Å². The second kappa shape index (κ2) is 3.86. The van der Waals surface area contributed by atoms with Crippen LogP contribution in [0.5, 0.6) is 0 Å². The van der Waals surface area contributed by atoms with Gasteiger partial charge in [0.1, 0.15) is 0 Å². The fourth-order valence-electron chi connectivity index (χ4n) is 1.86. The van der Waals surface area contributed by atoms with Gasteiger partial charge in [-0.05, 0) is 13.8 Å². The first kappa shape index (κ1) is 11.6. The van der Waals surface area contributed by atoms with Gasteiger partial charge in [0.15, 0.2) is 5.79 Å². The molecule has 0 aliphatic carbocycles. The maximum atomic E-state index is 6.05. The number of hydrogen-bond donors (Lipinski definition) is 0. The van der Waals surface area contributed by atoms with Crippen LogP contribution in [0.25, 0.3) is 0 Å². The van der Waals surface area contributed by atoms with E-state index in [4.69, 9.17) is 9.47 Å². The second-order valence-electron chi connectivity index (χ2n) is 5.35. The Hall–Kier alpha value is -0.860. The monoisotopic (exact) mass is 220 g/mol. The number of benzene rings is 1. The molecule has 0 spiro atoms. The molecule has 0 unspecified atom stereocenters. The van der Waals surface area contributed by atoms with Crippen LogP contribution in [0.4, 0.5) is 0 Å². The summed E-state index contributed by atoms with van der Waals surface area (Å²) in [7, 11) is 0. The van der Waals surface area contributed by atoms with Crippen LogP contribution in [0.2, 0.25) is 0 Å². The molecule has 1 aromatic rings. The van der Waals surface area contributed by atoms with E-state index in [-0.39, 0.29) is 11.5 Å². The molecule has 1 aliphatic heterocycles. The Bertz CT molecular complexity index is 358. The van der Waals surface area contributed by atoms with Crippen molar-refractivity contribution in [2.24, 2.45) is 5.41 Å². The van der Waals surface area contributed by atoms with Crippen LogP contribution in [-0.4, -0.2) is 12.7 Å². The largest absolute Gasteiger partial charge is 0.345 e. The average Bonchev–Trinajstić information content (AvgIpc) is 2.26. The van der Waals surface area contributed by atoms with Gasteiger partial charge in [-0.3, -0.25) is 0 Å². The quantitative estimate of drug-likeness (QED) is 0.722. The highest BCUT2D eigenvalue weighted by Gasteiger charge is 2.42. The van der Waals surface area contributed by atoms with E-state index >= 15 is 0 Å². The molecule has 2 rings (SSSR count). The van der Waals surface area contributed by atoms with Gasteiger partial charge in [0.05, 0.1) is 12.7 Å². The Labute approximate surface area is 97.6 Å². The Morgan fingerprint density at radius 2 is 1.75 bits per heavy atom. The molecule has 2 heteroatoms. The molecule has 1 aliphatic rings. The smallest absolute Gasteiger partial charge is 0.192 e. The van der Waals surface area contributed by atoms with Crippen LogP contribution in [0, 0.1) is 5.41 Å². The Balaban J connectivity index is 2.23. The molecule has 88 valence electrons. The molecule has 1 heterocycles. The lowest BCUT2D eigenvalue weighted by atomic mass is 9.86. The fourth-order valence-corrected chi connectivity index (χ4v) is 1.86. The van der Waals surface area contributed by atoms with Crippen molar-refractivity contribution in [3.05, 3.63) is 35.9 Å². The van der Waals surface area contributed by atoms with Crippen LogP contribution in [0.15, 0.2) is 30.3 Å². The van der Waals surface area contributed by atoms with Crippen molar-refractivity contribution in [2.75, 3.05) is 6.61 Å². The van der Waals surface area contributed by atoms with Gasteiger partial charge >= 0.3 is 0 Å². The van der Waals surface area contributed by atoms with E-state index in [1.807, 2.05) is 37.3 Å². The Morgan fingerprint density at radius 1 is 1.12 bits per heavy atom. The molecule has 0 bridgehead atoms. The van der Waals surface area contributed by atoms with Crippen LogP contribution < -0.4 is 0 Å². The summed E-state index contributed by atoms with van der Waals surface area (Å²) in [5.74, 6) is -0.601. The first-order valence-corrected chi connectivity index (χ1v) is 5.81. The lowest BCUT2D eigenvalue weighted by molar-refractivity contribution is -0.325. The van der Waals surface area contributed by atoms with Gasteiger partial charge in [0.2, 0.25) is 0 Å². The van der Waals surface area contributed by atoms with E-state index < -0.39 is 5.79 Å². The zero-order valence-corrected chi connectivity index (χ0v) is 10.5. The van der Waals surface area contributed by atoms with Gasteiger partial charge in [-0.15, -0.1) is 0 Å². The highest BCUT2D eigenvalue weighted by molar-refractivity contribution is 5.20. The van der Waals surface area contributed by atoms with Crippen LogP contribution >= 0.6 is 0 Å². The number of ether oxygens (including phenoxy) is 2. The maximum absolute atomic E-state index is 6.05. The molecule has 2 nitrogen and oxygen atoms in total. The second-order valence-corrected chi connectivity index (χ2v) is 5.35. The lowest BCUT2D eigenvalue weighted by Crippen LogP contribution is -2.48. The Morgan fingerprint density at radius 3 is 2.31 bits per heavy atom. The fraction of sp³-hybridized carbons (Fsp3) is 0.571. The maximum Gasteiger partial charge on any atom is 0.192 e. The highest BCUT2D eigenvalue weighted by atomic mass is 16.7. The van der Waals surface area contributed by atoms with E-state index in [0.29, 0.717) is 0 Å². The predicted molar refractivity (Wildman–Crippen MR) is 64.1 cm³/mol. The van der Waals surface area contributed by atoms with Gasteiger partial charge in [0.25, 0.3) is 0 Å². The van der Waals surface area contributed by atoms with Crippen molar-refractivity contribution in [1.29, 1.82) is 0 Å². The molecular weight excluding hydrogens is 200 g/mol. The van der Waals surface area contributed by atoms with Crippen molar-refractivity contribution in [3.8, 4) is 0 Å². The minimum atomic E-state index is -0.601. The summed E-state index contributed by atoms with van der Waals surface area (Å²) in [6, 6.07) is 10.1. The molecule has 0 radical (unpaired) electrons. The van der Waals surface area contributed by atoms with Crippen LogP contribution in [0.3, 0.4) is 0 Å². The molecule has 0 amide bonds. The van der Waals surface area contributed by atoms with Crippen LogP contribution in [0.1, 0.15) is 33.3 Å². The van der Waals surface area contributed by atoms with Crippen molar-refractivity contribution < 1.29 is 9.47 Å². The molecule has 1 fully saturated rings. The minimum Gasteiger partial charge on any atom is -0.345 e. The molecule has 1 saturated heterocycles. The molecule has 0 saturated carbocycles. The van der Waals surface area contributed by atoms with E-state index in [1.54, 1.807) is 0 Å². The van der Waals surface area contributed by atoms with Gasteiger partial charge in [-0.25, -0.2) is 0 Å². The number of rotatable bonds is 1. The zero-order chi connectivity index (χ0) is 11.8. The minimum absolute atomic E-state index is 0.0777. The van der Waals surface area contributed by atoms with E-state index in [1.165, 1.54) is 0 Å². The molecule has 16 heavy (non-hydrogen) atoms. The summed E-state index contributed by atoms with van der Waals surface area (Å²) in [6.45, 7) is 9.17. The van der Waals surface area contributed by atoms with Crippen molar-refractivity contribution >= 4 is 0 Å². The SMILES string of the molecule is C[C@@H]1O[C@](C)(c2ccccc2)OCC1(C)C. The van der Waals surface area contributed by atoms with Crippen molar-refractivity contribution in [1.82, 2.24) is 0 Å². The van der Waals surface area contributed by atoms with Crippen molar-refractivity contribution in [3.63, 3.8) is 0 Å². The third-order valence-corrected chi connectivity index (χ3v) is 3.52. The summed E-state index contributed by atoms with van der Waals surface area (Å²) in [5.41, 5.74) is 1.16. The lowest BCUT2D eigenvalue weighted by Gasteiger charge is -2.46. The summed E-state index contributed by atoms with van der Waals surface area (Å²) in [4.78, 5) is 0. The summed E-state index contributed by atoms with van der Waals surface area (Å²) in [6.07, 6.45) is 0.187. The third-order valence-electron chi connectivity index (χ3n) is 3.52. The summed E-state index contributed by atoms with van der Waals surface area (Å²) >= 11 is 0. The van der Waals surface area contributed by atoms with E-state index in [0.717, 1.165) is 12.2 Å². The zero-order valence-electron chi connectivity index (χ0n) is 10.5. The average molecular weight is 220 g/mol. The first-order chi connectivity index (χ1) is 7.44. The van der Waals surface area contributed by atoms with E-state index in [9.17, 15) is 0 Å².